The van der Waals surface area contributed by atoms with Crippen LogP contribution < -0.4 is 0 Å². The molecule has 2 heteroatoms. The Morgan fingerprint density at radius 1 is 0.833 bits per heavy atom. The van der Waals surface area contributed by atoms with Gasteiger partial charge in [0.2, 0.25) is 0 Å². The van der Waals surface area contributed by atoms with E-state index in [-0.39, 0.29) is 0 Å². The largest absolute Gasteiger partial charge is 0.276 e. The lowest BCUT2D eigenvalue weighted by Gasteiger charge is -2.47. The van der Waals surface area contributed by atoms with Crippen molar-refractivity contribution in [3.8, 4) is 0 Å². The van der Waals surface area contributed by atoms with Gasteiger partial charge in [0.05, 0.1) is 0 Å². The molecule has 0 amide bonds. The van der Waals surface area contributed by atoms with E-state index in [2.05, 4.69) is 60.6 Å². The minimum atomic E-state index is -0.580. The number of rotatable bonds is 1. The van der Waals surface area contributed by atoms with Crippen LogP contribution in [0.3, 0.4) is 0 Å². The van der Waals surface area contributed by atoms with E-state index in [1.54, 1.807) is 0 Å². The van der Waals surface area contributed by atoms with Crippen molar-refractivity contribution in [3.05, 3.63) is 0 Å². The molecule has 73 valence electrons. The van der Waals surface area contributed by atoms with Crippen molar-refractivity contribution < 1.29 is 0 Å². The second-order valence-electron chi connectivity index (χ2n) is 6.00. The summed E-state index contributed by atoms with van der Waals surface area (Å²) in [6.45, 7) is 16.4. The SMILES string of the molecule is CC(C)(C)[B]S(C)(C)C(C)(C)C. The first-order valence-corrected chi connectivity index (χ1v) is 7.06. The third-order valence-corrected chi connectivity index (χ3v) is 6.68. The molecule has 0 N–H and O–H groups in total. The van der Waals surface area contributed by atoms with Crippen LogP contribution in [-0.2, 0) is 0 Å². The molecular weight excluding hydrogens is 163 g/mol. The summed E-state index contributed by atoms with van der Waals surface area (Å²) in [6.07, 6.45) is 4.80. The number of hydrogen-bond donors (Lipinski definition) is 0. The maximum Gasteiger partial charge on any atom is 0.176 e. The molecule has 0 aliphatic carbocycles. The van der Waals surface area contributed by atoms with Crippen LogP contribution in [-0.4, -0.2) is 23.8 Å². The zero-order valence-electron chi connectivity index (χ0n) is 9.99. The first kappa shape index (κ1) is 12.4. The quantitative estimate of drug-likeness (QED) is 0.549. The summed E-state index contributed by atoms with van der Waals surface area (Å²) in [5, 5.41) is 0.353. The van der Waals surface area contributed by atoms with Crippen molar-refractivity contribution in [2.45, 2.75) is 51.6 Å². The summed E-state index contributed by atoms with van der Waals surface area (Å²) in [5.74, 6) is 0. The average Bonchev–Trinajstić information content (AvgIpc) is 1.52. The van der Waals surface area contributed by atoms with Crippen molar-refractivity contribution in [1.29, 1.82) is 0 Å². The molecule has 12 heavy (non-hydrogen) atoms. The van der Waals surface area contributed by atoms with Gasteiger partial charge in [0.1, 0.15) is 0 Å². The van der Waals surface area contributed by atoms with Gasteiger partial charge in [-0.2, -0.15) is 0 Å². The highest BCUT2D eigenvalue weighted by molar-refractivity contribution is 8.52. The van der Waals surface area contributed by atoms with E-state index in [1.165, 1.54) is 0 Å². The van der Waals surface area contributed by atoms with Crippen molar-refractivity contribution in [2.75, 3.05) is 12.5 Å². The molecule has 0 heterocycles. The fourth-order valence-electron chi connectivity index (χ4n) is 1.06. The van der Waals surface area contributed by atoms with Gasteiger partial charge in [-0.25, -0.2) is 0 Å². The zero-order chi connectivity index (χ0) is 10.2. The second kappa shape index (κ2) is 3.28. The van der Waals surface area contributed by atoms with Crippen LogP contribution >= 0.6 is 9.88 Å². The highest BCUT2D eigenvalue weighted by Crippen LogP contribution is 2.55. The van der Waals surface area contributed by atoms with Gasteiger partial charge in [-0.1, -0.05) is 46.9 Å². The third kappa shape index (κ3) is 3.89. The second-order valence-corrected chi connectivity index (χ2v) is 10.3. The maximum atomic E-state index is 2.54. The predicted octanol–water partition coefficient (Wildman–Crippen LogP) is 3.69. The van der Waals surface area contributed by atoms with Crippen molar-refractivity contribution >= 4 is 16.4 Å². The molecule has 0 aromatic rings. The van der Waals surface area contributed by atoms with Gasteiger partial charge >= 0.3 is 0 Å². The molecule has 0 aromatic heterocycles. The Hall–Kier alpha value is 0.415. The Morgan fingerprint density at radius 2 is 1.17 bits per heavy atom. The first-order chi connectivity index (χ1) is 4.96. The van der Waals surface area contributed by atoms with Crippen LogP contribution in [0.1, 0.15) is 41.5 Å². The van der Waals surface area contributed by atoms with Gasteiger partial charge in [0.25, 0.3) is 0 Å². The Labute approximate surface area is 81.0 Å². The fourth-order valence-corrected chi connectivity index (χ4v) is 3.18. The molecule has 0 aliphatic heterocycles. The standard InChI is InChI=1S/C10H24BS/c1-9(2,3)11-12(7,8)10(4,5)6/h1-8H3. The van der Waals surface area contributed by atoms with E-state index >= 15 is 0 Å². The molecule has 0 saturated heterocycles. The average molecular weight is 187 g/mol. The van der Waals surface area contributed by atoms with Crippen LogP contribution in [0.25, 0.3) is 0 Å². The Balaban J connectivity index is 4.44. The highest BCUT2D eigenvalue weighted by atomic mass is 32.3. The van der Waals surface area contributed by atoms with Crippen molar-refractivity contribution in [1.82, 2.24) is 0 Å². The topological polar surface area (TPSA) is 0 Å². The smallest absolute Gasteiger partial charge is 0.176 e. The molecule has 0 aliphatic rings. The molecule has 0 saturated carbocycles. The highest BCUT2D eigenvalue weighted by Gasteiger charge is 2.32. The van der Waals surface area contributed by atoms with Crippen LogP contribution in [0.2, 0.25) is 5.31 Å². The van der Waals surface area contributed by atoms with E-state index in [0.717, 1.165) is 0 Å². The summed E-state index contributed by atoms with van der Waals surface area (Å²) in [4.78, 5) is 0. The van der Waals surface area contributed by atoms with Crippen molar-refractivity contribution in [3.63, 3.8) is 0 Å². The monoisotopic (exact) mass is 187 g/mol. The molecule has 0 fully saturated rings. The summed E-state index contributed by atoms with van der Waals surface area (Å²) in [7, 11) is -0.580. The van der Waals surface area contributed by atoms with Crippen LogP contribution in [0, 0.1) is 0 Å². The van der Waals surface area contributed by atoms with Gasteiger partial charge < -0.3 is 0 Å². The summed E-state index contributed by atoms with van der Waals surface area (Å²) < 4.78 is 0.431. The molecule has 0 unspecified atom stereocenters. The lowest BCUT2D eigenvalue weighted by atomic mass is 9.73. The summed E-state index contributed by atoms with van der Waals surface area (Å²) >= 11 is 0. The summed E-state index contributed by atoms with van der Waals surface area (Å²) in [6, 6.07) is 0. The third-order valence-electron chi connectivity index (χ3n) is 2.23. The van der Waals surface area contributed by atoms with Crippen LogP contribution in [0.5, 0.6) is 0 Å². The Bertz CT molecular complexity index is 148. The van der Waals surface area contributed by atoms with Gasteiger partial charge in [0.15, 0.2) is 6.56 Å². The lowest BCUT2D eigenvalue weighted by Crippen LogP contribution is -2.31. The van der Waals surface area contributed by atoms with Gasteiger partial charge in [-0.05, 0) is 17.3 Å². The van der Waals surface area contributed by atoms with Gasteiger partial charge in [-0.15, -0.1) is 0 Å². The van der Waals surface area contributed by atoms with Gasteiger partial charge in [-0.3, -0.25) is 9.88 Å². The maximum absolute atomic E-state index is 2.54. The molecule has 0 spiro atoms. The molecule has 0 nitrogen and oxygen atoms in total. The van der Waals surface area contributed by atoms with E-state index < -0.39 is 9.88 Å². The predicted molar refractivity (Wildman–Crippen MR) is 64.7 cm³/mol. The Morgan fingerprint density at radius 3 is 1.25 bits per heavy atom. The first-order valence-electron chi connectivity index (χ1n) is 4.54. The summed E-state index contributed by atoms with van der Waals surface area (Å²) in [5.41, 5.74) is 0. The lowest BCUT2D eigenvalue weighted by molar-refractivity contribution is 0.756. The van der Waals surface area contributed by atoms with Gasteiger partial charge in [0, 0.05) is 0 Å². The van der Waals surface area contributed by atoms with Crippen LogP contribution in [0.15, 0.2) is 0 Å². The van der Waals surface area contributed by atoms with E-state index in [1.807, 2.05) is 0 Å². The Kier molecular flexibility index (Phi) is 3.40. The van der Waals surface area contributed by atoms with Crippen LogP contribution in [0.4, 0.5) is 0 Å². The fraction of sp³-hybridized carbons (Fsp3) is 1.00. The van der Waals surface area contributed by atoms with Crippen molar-refractivity contribution in [2.24, 2.45) is 0 Å². The molecular formula is C10H24BS. The minimum absolute atomic E-state index is 0.353. The zero-order valence-corrected chi connectivity index (χ0v) is 10.8. The molecule has 0 rings (SSSR count). The molecule has 0 aromatic carbocycles. The van der Waals surface area contributed by atoms with E-state index in [0.29, 0.717) is 10.1 Å². The minimum Gasteiger partial charge on any atom is -0.276 e. The molecule has 0 bridgehead atoms. The van der Waals surface area contributed by atoms with E-state index in [4.69, 9.17) is 0 Å². The van der Waals surface area contributed by atoms with E-state index in [9.17, 15) is 0 Å². The number of hydrogen-bond acceptors (Lipinski definition) is 0. The molecule has 0 atom stereocenters. The molecule has 1 radical (unpaired) electrons. The normalized spacial score (nSPS) is 16.0.